The highest BCUT2D eigenvalue weighted by atomic mass is 32.2. The van der Waals surface area contributed by atoms with Crippen LogP contribution in [0.25, 0.3) is 0 Å². The molecule has 202 valence electrons. The zero-order valence-electron chi connectivity index (χ0n) is 22.9. The van der Waals surface area contributed by atoms with Gasteiger partial charge in [0.2, 0.25) is 0 Å². The first-order valence-corrected chi connectivity index (χ1v) is 14.2. The van der Waals surface area contributed by atoms with Gasteiger partial charge in [-0.3, -0.25) is 9.10 Å². The van der Waals surface area contributed by atoms with E-state index in [0.717, 1.165) is 28.0 Å². The topological polar surface area (TPSA) is 84.9 Å². The number of sulfonamides is 1. The lowest BCUT2D eigenvalue weighted by atomic mass is 9.86. The van der Waals surface area contributed by atoms with Crippen molar-refractivity contribution < 1.29 is 22.7 Å². The fourth-order valence-electron chi connectivity index (χ4n) is 4.23. The number of nitrogens with one attached hydrogen (secondary N) is 1. The van der Waals surface area contributed by atoms with Gasteiger partial charge < -0.3 is 14.8 Å². The molecule has 1 heterocycles. The van der Waals surface area contributed by atoms with Crippen molar-refractivity contribution in [3.05, 3.63) is 82.9 Å². The van der Waals surface area contributed by atoms with Crippen LogP contribution in [0.4, 0.5) is 5.69 Å². The zero-order valence-corrected chi connectivity index (χ0v) is 23.7. The third-order valence-corrected chi connectivity index (χ3v) is 8.39. The van der Waals surface area contributed by atoms with Gasteiger partial charge in [-0.2, -0.15) is 0 Å². The molecule has 38 heavy (non-hydrogen) atoms. The SMILES string of the molecule is Cc1ccc(S(=O)(=O)N2C[C@@H](C(=O)NCCOc3cc(C)ccc3C)Oc3ccc(C(C)(C)C)cc32)cc1. The van der Waals surface area contributed by atoms with Crippen LogP contribution in [-0.4, -0.2) is 40.1 Å². The first kappa shape index (κ1) is 27.5. The number of hydrogen-bond acceptors (Lipinski definition) is 5. The number of nitrogens with zero attached hydrogens (tertiary/aromatic N) is 1. The lowest BCUT2D eigenvalue weighted by Crippen LogP contribution is -2.51. The maximum Gasteiger partial charge on any atom is 0.264 e. The molecule has 8 heteroatoms. The summed E-state index contributed by atoms with van der Waals surface area (Å²) in [5.41, 5.74) is 4.27. The summed E-state index contributed by atoms with van der Waals surface area (Å²) in [4.78, 5) is 13.3. The van der Waals surface area contributed by atoms with Gasteiger partial charge in [-0.1, -0.05) is 56.7 Å². The number of anilines is 1. The van der Waals surface area contributed by atoms with Crippen molar-refractivity contribution in [1.29, 1.82) is 0 Å². The molecule has 0 saturated heterocycles. The van der Waals surface area contributed by atoms with Crippen molar-refractivity contribution in [2.24, 2.45) is 0 Å². The Hall–Kier alpha value is -3.52. The molecule has 0 unspecified atom stereocenters. The summed E-state index contributed by atoms with van der Waals surface area (Å²) < 4.78 is 40.7. The molecule has 0 spiro atoms. The van der Waals surface area contributed by atoms with Gasteiger partial charge >= 0.3 is 0 Å². The first-order chi connectivity index (χ1) is 17.9. The van der Waals surface area contributed by atoms with Gasteiger partial charge in [-0.15, -0.1) is 0 Å². The first-order valence-electron chi connectivity index (χ1n) is 12.7. The summed E-state index contributed by atoms with van der Waals surface area (Å²) in [5.74, 6) is 0.725. The van der Waals surface area contributed by atoms with Crippen LogP contribution in [0.15, 0.2) is 65.6 Å². The maximum atomic E-state index is 13.8. The number of amides is 1. The number of ether oxygens (including phenoxy) is 2. The molecule has 1 aliphatic rings. The average molecular weight is 537 g/mol. The Morgan fingerprint density at radius 1 is 1.00 bits per heavy atom. The predicted octanol–water partition coefficient (Wildman–Crippen LogP) is 5.06. The Balaban J connectivity index is 1.55. The van der Waals surface area contributed by atoms with Gasteiger partial charge in [0.15, 0.2) is 6.10 Å². The number of fused-ring (bicyclic) bond motifs is 1. The number of carbonyl (C=O) groups is 1. The van der Waals surface area contributed by atoms with E-state index in [1.165, 1.54) is 4.31 Å². The normalized spacial score (nSPS) is 15.4. The smallest absolute Gasteiger partial charge is 0.264 e. The summed E-state index contributed by atoms with van der Waals surface area (Å²) in [5, 5.41) is 2.83. The molecule has 1 atom stereocenters. The van der Waals surface area contributed by atoms with Gasteiger partial charge in [0.05, 0.1) is 23.7 Å². The Kier molecular flexibility index (Phi) is 7.74. The van der Waals surface area contributed by atoms with Gasteiger partial charge in [0.1, 0.15) is 18.1 Å². The number of rotatable bonds is 7. The highest BCUT2D eigenvalue weighted by Gasteiger charge is 2.38. The Bertz CT molecular complexity index is 1430. The largest absolute Gasteiger partial charge is 0.491 e. The summed E-state index contributed by atoms with van der Waals surface area (Å²) >= 11 is 0. The van der Waals surface area contributed by atoms with Crippen LogP contribution in [0.5, 0.6) is 11.5 Å². The minimum absolute atomic E-state index is 0.138. The van der Waals surface area contributed by atoms with Crippen molar-refractivity contribution in [3.8, 4) is 11.5 Å². The second-order valence-electron chi connectivity index (χ2n) is 10.8. The molecule has 1 aliphatic heterocycles. The Morgan fingerprint density at radius 3 is 2.37 bits per heavy atom. The monoisotopic (exact) mass is 536 g/mol. The van der Waals surface area contributed by atoms with Gasteiger partial charge in [0, 0.05) is 0 Å². The van der Waals surface area contributed by atoms with Crippen molar-refractivity contribution >= 4 is 21.6 Å². The number of carbonyl (C=O) groups excluding carboxylic acids is 1. The third-order valence-electron chi connectivity index (χ3n) is 6.60. The summed E-state index contributed by atoms with van der Waals surface area (Å²) in [7, 11) is -3.94. The summed E-state index contributed by atoms with van der Waals surface area (Å²) in [6.45, 7) is 12.4. The second kappa shape index (κ2) is 10.7. The van der Waals surface area contributed by atoms with Crippen LogP contribution in [0.2, 0.25) is 0 Å². The lowest BCUT2D eigenvalue weighted by Gasteiger charge is -2.36. The Labute approximate surface area is 225 Å². The molecule has 4 rings (SSSR count). The lowest BCUT2D eigenvalue weighted by molar-refractivity contribution is -0.127. The molecule has 0 aromatic heterocycles. The van der Waals surface area contributed by atoms with Gasteiger partial charge in [-0.05, 0) is 73.2 Å². The maximum absolute atomic E-state index is 13.8. The van der Waals surface area contributed by atoms with E-state index in [4.69, 9.17) is 9.47 Å². The van der Waals surface area contributed by atoms with E-state index in [0.29, 0.717) is 11.4 Å². The molecule has 3 aromatic rings. The number of hydrogen-bond donors (Lipinski definition) is 1. The van der Waals surface area contributed by atoms with Crippen LogP contribution >= 0.6 is 0 Å². The third kappa shape index (κ3) is 5.96. The van der Waals surface area contributed by atoms with Crippen molar-refractivity contribution in [3.63, 3.8) is 0 Å². The molecule has 7 nitrogen and oxygen atoms in total. The molecule has 0 aliphatic carbocycles. The fourth-order valence-corrected chi connectivity index (χ4v) is 5.70. The molecular weight excluding hydrogens is 500 g/mol. The van der Waals surface area contributed by atoms with Gasteiger partial charge in [-0.25, -0.2) is 8.42 Å². The molecule has 3 aromatic carbocycles. The van der Waals surface area contributed by atoms with E-state index in [9.17, 15) is 13.2 Å². The fraction of sp³-hybridized carbons (Fsp3) is 0.367. The van der Waals surface area contributed by atoms with Crippen LogP contribution in [0, 0.1) is 20.8 Å². The number of benzene rings is 3. The van der Waals surface area contributed by atoms with Gasteiger partial charge in [0.25, 0.3) is 15.9 Å². The van der Waals surface area contributed by atoms with E-state index >= 15 is 0 Å². The van der Waals surface area contributed by atoms with Crippen molar-refractivity contribution in [1.82, 2.24) is 5.32 Å². The molecule has 0 saturated carbocycles. The quantitative estimate of drug-likeness (QED) is 0.427. The summed E-state index contributed by atoms with van der Waals surface area (Å²) in [6, 6.07) is 18.2. The highest BCUT2D eigenvalue weighted by molar-refractivity contribution is 7.92. The van der Waals surface area contributed by atoms with Crippen molar-refractivity contribution in [2.45, 2.75) is 58.0 Å². The van der Waals surface area contributed by atoms with Crippen LogP contribution in [0.1, 0.15) is 43.0 Å². The molecule has 0 bridgehead atoms. The van der Waals surface area contributed by atoms with E-state index in [-0.39, 0.29) is 30.0 Å². The predicted molar refractivity (Wildman–Crippen MR) is 150 cm³/mol. The van der Waals surface area contributed by atoms with Crippen LogP contribution < -0.4 is 19.1 Å². The zero-order chi connectivity index (χ0) is 27.7. The van der Waals surface area contributed by atoms with E-state index in [2.05, 4.69) is 26.1 Å². The van der Waals surface area contributed by atoms with Crippen molar-refractivity contribution in [2.75, 3.05) is 24.0 Å². The van der Waals surface area contributed by atoms with E-state index in [1.807, 2.05) is 51.1 Å². The average Bonchev–Trinajstić information content (AvgIpc) is 2.87. The minimum atomic E-state index is -3.94. The van der Waals surface area contributed by atoms with Crippen LogP contribution in [0.3, 0.4) is 0 Å². The molecular formula is C30H36N2O5S. The molecule has 0 fully saturated rings. The standard InChI is InChI=1S/C30H36N2O5S/c1-20-8-12-24(13-9-20)38(34,35)32-19-28(37-26-14-11-23(18-25(26)32)30(4,5)6)29(33)31-15-16-36-27-17-21(2)7-10-22(27)3/h7-14,17-18,28H,15-16,19H2,1-6H3,(H,31,33)/t28-/m0/s1. The second-order valence-corrected chi connectivity index (χ2v) is 12.7. The van der Waals surface area contributed by atoms with E-state index < -0.39 is 22.0 Å². The Morgan fingerprint density at radius 2 is 1.68 bits per heavy atom. The minimum Gasteiger partial charge on any atom is -0.491 e. The highest BCUT2D eigenvalue weighted by Crippen LogP contribution is 2.40. The molecule has 1 N–H and O–H groups in total. The van der Waals surface area contributed by atoms with E-state index in [1.54, 1.807) is 30.3 Å². The molecule has 1 amide bonds. The molecule has 0 radical (unpaired) electrons. The summed E-state index contributed by atoms with van der Waals surface area (Å²) in [6.07, 6.45) is -1.01. The van der Waals surface area contributed by atoms with Crippen LogP contribution in [-0.2, 0) is 20.2 Å². The number of aryl methyl sites for hydroxylation is 3.